The topological polar surface area (TPSA) is 134 Å². The summed E-state index contributed by atoms with van der Waals surface area (Å²) in [5.41, 5.74) is 8.33. The van der Waals surface area contributed by atoms with E-state index in [-0.39, 0.29) is 21.4 Å². The summed E-state index contributed by atoms with van der Waals surface area (Å²) in [6.45, 7) is 3.17. The van der Waals surface area contributed by atoms with E-state index in [9.17, 15) is 8.42 Å². The number of hydrogen-bond acceptors (Lipinski definition) is 7. The first-order valence-corrected chi connectivity index (χ1v) is 12.0. The number of imidazole rings is 1. The molecule has 0 bridgehead atoms. The number of nitrogens with two attached hydrogens (primary N) is 1. The molecule has 164 valence electrons. The lowest BCUT2D eigenvalue weighted by Crippen LogP contribution is -2.42. The van der Waals surface area contributed by atoms with Crippen LogP contribution in [-0.2, 0) is 9.84 Å². The number of aromatic amines is 1. The number of fused-ring (bicyclic) bond motifs is 3. The highest BCUT2D eigenvalue weighted by atomic mass is 32.2. The van der Waals surface area contributed by atoms with Gasteiger partial charge in [-0.1, -0.05) is 18.2 Å². The second kappa shape index (κ2) is 7.53. The van der Waals surface area contributed by atoms with Crippen LogP contribution in [-0.4, -0.2) is 41.1 Å². The van der Waals surface area contributed by atoms with Crippen molar-refractivity contribution in [2.75, 3.05) is 23.8 Å². The van der Waals surface area contributed by atoms with Crippen LogP contribution < -0.4 is 10.7 Å². The fourth-order valence-electron chi connectivity index (χ4n) is 4.51. The van der Waals surface area contributed by atoms with Crippen LogP contribution in [0.1, 0.15) is 24.8 Å². The lowest BCUT2D eigenvalue weighted by Gasteiger charge is -2.34. The molecule has 0 unspecified atom stereocenters. The van der Waals surface area contributed by atoms with Gasteiger partial charge in [-0.2, -0.15) is 5.26 Å². The van der Waals surface area contributed by atoms with E-state index in [1.807, 2.05) is 10.7 Å². The molecule has 1 aliphatic heterocycles. The van der Waals surface area contributed by atoms with E-state index in [4.69, 9.17) is 11.0 Å². The summed E-state index contributed by atoms with van der Waals surface area (Å²) >= 11 is 0. The minimum absolute atomic E-state index is 0.110. The first-order chi connectivity index (χ1) is 15.4. The van der Waals surface area contributed by atoms with Gasteiger partial charge in [-0.05, 0) is 43.4 Å². The van der Waals surface area contributed by atoms with E-state index in [2.05, 4.69) is 26.0 Å². The van der Waals surface area contributed by atoms with Crippen molar-refractivity contribution >= 4 is 37.9 Å². The zero-order valence-electron chi connectivity index (χ0n) is 17.6. The average molecular weight is 450 g/mol. The molecule has 32 heavy (non-hydrogen) atoms. The van der Waals surface area contributed by atoms with Gasteiger partial charge in [0.15, 0.2) is 5.03 Å². The van der Waals surface area contributed by atoms with Gasteiger partial charge in [0.1, 0.15) is 16.7 Å². The van der Waals surface area contributed by atoms with Gasteiger partial charge in [-0.3, -0.25) is 0 Å². The Balaban J connectivity index is 1.72. The van der Waals surface area contributed by atoms with Crippen molar-refractivity contribution in [1.82, 2.24) is 19.6 Å². The van der Waals surface area contributed by atoms with Crippen molar-refractivity contribution in [2.24, 2.45) is 5.92 Å². The highest BCUT2D eigenvalue weighted by Crippen LogP contribution is 2.34. The standard InChI is InChI=1S/C22H23N7O2S/c1-14-4-2-3-5-17(14)32(30,31)21-18-19(16-7-11-25-20(16)27-21)29(22(24)26-18)28-12-8-15(6-10-23)9-13-28/h2-5,7,11,15H,6,8-9,12-13H2,1H3,(H2,24,26)(H,25,27). The van der Waals surface area contributed by atoms with Gasteiger partial charge in [-0.25, -0.2) is 23.1 Å². The Morgan fingerprint density at radius 3 is 2.69 bits per heavy atom. The molecule has 0 saturated carbocycles. The fourth-order valence-corrected chi connectivity index (χ4v) is 6.07. The van der Waals surface area contributed by atoms with Gasteiger partial charge < -0.3 is 15.7 Å². The average Bonchev–Trinajstić information content (AvgIpc) is 3.37. The number of hydrogen-bond donors (Lipinski definition) is 2. The summed E-state index contributed by atoms with van der Waals surface area (Å²) in [5, 5.41) is 11.7. The molecular weight excluding hydrogens is 426 g/mol. The second-order valence-electron chi connectivity index (χ2n) is 8.16. The predicted molar refractivity (Wildman–Crippen MR) is 121 cm³/mol. The molecule has 4 heterocycles. The Hall–Kier alpha value is -3.58. The number of sulfone groups is 1. The number of aromatic nitrogens is 4. The number of piperidine rings is 1. The smallest absolute Gasteiger partial charge is 0.226 e. The van der Waals surface area contributed by atoms with Crippen LogP contribution in [0.25, 0.3) is 22.1 Å². The molecule has 5 rings (SSSR count). The quantitative estimate of drug-likeness (QED) is 0.489. The van der Waals surface area contributed by atoms with E-state index in [0.29, 0.717) is 42.2 Å². The number of pyridine rings is 1. The van der Waals surface area contributed by atoms with Crippen LogP contribution in [0.4, 0.5) is 5.95 Å². The first-order valence-electron chi connectivity index (χ1n) is 10.5. The fraction of sp³-hybridized carbons (Fsp3) is 0.318. The first kappa shape index (κ1) is 20.3. The largest absolute Gasteiger partial charge is 0.368 e. The molecule has 0 amide bonds. The minimum Gasteiger partial charge on any atom is -0.368 e. The third kappa shape index (κ3) is 3.08. The molecule has 0 atom stereocenters. The molecule has 10 heteroatoms. The summed E-state index contributed by atoms with van der Waals surface area (Å²) in [6, 6.07) is 10.9. The maximum Gasteiger partial charge on any atom is 0.226 e. The molecule has 9 nitrogen and oxygen atoms in total. The number of nitrogen functional groups attached to an aromatic ring is 1. The van der Waals surface area contributed by atoms with Crippen molar-refractivity contribution in [3.63, 3.8) is 0 Å². The number of H-pyrrole nitrogens is 1. The molecule has 3 N–H and O–H groups in total. The maximum absolute atomic E-state index is 13.6. The third-order valence-electron chi connectivity index (χ3n) is 6.17. The van der Waals surface area contributed by atoms with Gasteiger partial charge in [0.05, 0.1) is 11.0 Å². The van der Waals surface area contributed by atoms with Crippen LogP contribution in [0, 0.1) is 24.2 Å². The number of nitriles is 1. The predicted octanol–water partition coefficient (Wildman–Crippen LogP) is 2.90. The lowest BCUT2D eigenvalue weighted by molar-refractivity contribution is 0.373. The number of benzene rings is 1. The summed E-state index contributed by atoms with van der Waals surface area (Å²) in [5.74, 6) is 0.577. The second-order valence-corrected chi connectivity index (χ2v) is 10.00. The van der Waals surface area contributed by atoms with Crippen molar-refractivity contribution < 1.29 is 8.42 Å². The number of rotatable bonds is 4. The third-order valence-corrected chi connectivity index (χ3v) is 8.00. The molecule has 1 aliphatic rings. The van der Waals surface area contributed by atoms with Gasteiger partial charge in [0, 0.05) is 31.1 Å². The van der Waals surface area contributed by atoms with Crippen LogP contribution in [0.2, 0.25) is 0 Å². The van der Waals surface area contributed by atoms with Crippen molar-refractivity contribution in [1.29, 1.82) is 5.26 Å². The number of nitrogens with zero attached hydrogens (tertiary/aromatic N) is 5. The molecule has 1 saturated heterocycles. The normalized spacial score (nSPS) is 15.4. The lowest BCUT2D eigenvalue weighted by atomic mass is 9.95. The molecule has 1 aromatic carbocycles. The molecule has 0 spiro atoms. The zero-order chi connectivity index (χ0) is 22.5. The summed E-state index contributed by atoms with van der Waals surface area (Å²) in [4.78, 5) is 12.2. The number of aryl methyl sites for hydroxylation is 1. The van der Waals surface area contributed by atoms with Crippen LogP contribution in [0.5, 0.6) is 0 Å². The summed E-state index contributed by atoms with van der Waals surface area (Å²) in [6.07, 6.45) is 4.00. The van der Waals surface area contributed by atoms with Crippen LogP contribution in [0.15, 0.2) is 46.5 Å². The monoisotopic (exact) mass is 449 g/mol. The number of nitrogens with one attached hydrogen (secondary N) is 1. The Morgan fingerprint density at radius 1 is 1.22 bits per heavy atom. The van der Waals surface area contributed by atoms with Crippen molar-refractivity contribution in [3.8, 4) is 6.07 Å². The van der Waals surface area contributed by atoms with Crippen molar-refractivity contribution in [3.05, 3.63) is 42.1 Å². The van der Waals surface area contributed by atoms with E-state index >= 15 is 0 Å². The summed E-state index contributed by atoms with van der Waals surface area (Å²) < 4.78 is 29.1. The molecule has 0 aliphatic carbocycles. The highest BCUT2D eigenvalue weighted by molar-refractivity contribution is 7.91. The zero-order valence-corrected chi connectivity index (χ0v) is 18.4. The Kier molecular flexibility index (Phi) is 4.78. The van der Waals surface area contributed by atoms with Crippen LogP contribution in [0.3, 0.4) is 0 Å². The van der Waals surface area contributed by atoms with Gasteiger partial charge >= 0.3 is 0 Å². The number of anilines is 1. The van der Waals surface area contributed by atoms with E-state index in [0.717, 1.165) is 18.2 Å². The van der Waals surface area contributed by atoms with Gasteiger partial charge in [-0.15, -0.1) is 0 Å². The van der Waals surface area contributed by atoms with Gasteiger partial charge in [0.25, 0.3) is 0 Å². The Morgan fingerprint density at radius 2 is 1.97 bits per heavy atom. The molecular formula is C22H23N7O2S. The molecule has 0 radical (unpaired) electrons. The van der Waals surface area contributed by atoms with E-state index in [1.54, 1.807) is 37.4 Å². The van der Waals surface area contributed by atoms with Crippen molar-refractivity contribution in [2.45, 2.75) is 36.1 Å². The molecule has 4 aromatic rings. The van der Waals surface area contributed by atoms with Gasteiger partial charge in [0.2, 0.25) is 15.8 Å². The van der Waals surface area contributed by atoms with E-state index < -0.39 is 9.84 Å². The SMILES string of the molecule is Cc1ccccc1S(=O)(=O)c1nc2[nH]ccc2c2c1nc(N)n2N1CCC(CC#N)CC1. The highest BCUT2D eigenvalue weighted by Gasteiger charge is 2.31. The molecule has 1 fully saturated rings. The Labute approximate surface area is 185 Å². The summed E-state index contributed by atoms with van der Waals surface area (Å²) in [7, 11) is -3.93. The molecule has 3 aromatic heterocycles. The minimum atomic E-state index is -3.93. The van der Waals surface area contributed by atoms with Crippen LogP contribution >= 0.6 is 0 Å². The maximum atomic E-state index is 13.6. The van der Waals surface area contributed by atoms with E-state index in [1.165, 1.54) is 0 Å². The Bertz CT molecular complexity index is 1470.